The third kappa shape index (κ3) is 2.84. The van der Waals surface area contributed by atoms with Crippen molar-refractivity contribution in [1.82, 2.24) is 15.1 Å². The number of aromatic nitrogens is 2. The number of rotatable bonds is 4. The number of aryl methyl sites for hydroxylation is 1. The fourth-order valence-electron chi connectivity index (χ4n) is 3.23. The van der Waals surface area contributed by atoms with Gasteiger partial charge in [0, 0.05) is 24.7 Å². The molecular formula is C17H20N4O2. The summed E-state index contributed by atoms with van der Waals surface area (Å²) in [5.41, 5.74) is 7.99. The van der Waals surface area contributed by atoms with E-state index in [0.29, 0.717) is 25.1 Å². The number of benzene rings is 1. The van der Waals surface area contributed by atoms with Crippen molar-refractivity contribution >= 4 is 11.8 Å². The molecule has 1 aromatic carbocycles. The van der Waals surface area contributed by atoms with Gasteiger partial charge in [0.2, 0.25) is 5.91 Å². The van der Waals surface area contributed by atoms with E-state index >= 15 is 0 Å². The Labute approximate surface area is 134 Å². The molecule has 1 aliphatic heterocycles. The number of amides is 2. The Kier molecular flexibility index (Phi) is 4.14. The van der Waals surface area contributed by atoms with Gasteiger partial charge in [0.05, 0.1) is 17.7 Å². The molecule has 1 fully saturated rings. The quantitative estimate of drug-likeness (QED) is 0.891. The zero-order valence-corrected chi connectivity index (χ0v) is 13.0. The summed E-state index contributed by atoms with van der Waals surface area (Å²) in [5.74, 6) is -0.884. The van der Waals surface area contributed by atoms with E-state index in [1.54, 1.807) is 11.1 Å². The SMILES string of the molecule is CCc1[nH]ncc1C(=O)N1C[C@H](C(N)=O)[C@@H](c2ccccc2)C1. The minimum Gasteiger partial charge on any atom is -0.369 e. The number of carbonyl (C=O) groups is 2. The van der Waals surface area contributed by atoms with Crippen molar-refractivity contribution in [2.45, 2.75) is 19.3 Å². The maximum atomic E-state index is 12.7. The van der Waals surface area contributed by atoms with Crippen LogP contribution in [0.15, 0.2) is 36.5 Å². The Morgan fingerprint density at radius 1 is 1.30 bits per heavy atom. The Morgan fingerprint density at radius 2 is 2.04 bits per heavy atom. The zero-order chi connectivity index (χ0) is 16.4. The van der Waals surface area contributed by atoms with Crippen LogP contribution >= 0.6 is 0 Å². The first-order valence-electron chi connectivity index (χ1n) is 7.77. The average molecular weight is 312 g/mol. The van der Waals surface area contributed by atoms with E-state index in [2.05, 4.69) is 10.2 Å². The third-order valence-electron chi connectivity index (χ3n) is 4.50. The number of hydrogen-bond acceptors (Lipinski definition) is 3. The lowest BCUT2D eigenvalue weighted by molar-refractivity contribution is -0.121. The lowest BCUT2D eigenvalue weighted by Gasteiger charge is -2.16. The van der Waals surface area contributed by atoms with Gasteiger partial charge in [-0.3, -0.25) is 14.7 Å². The molecule has 1 aliphatic rings. The molecule has 0 spiro atoms. The molecule has 6 heteroatoms. The third-order valence-corrected chi connectivity index (χ3v) is 4.50. The lowest BCUT2D eigenvalue weighted by atomic mass is 9.89. The molecule has 23 heavy (non-hydrogen) atoms. The van der Waals surface area contributed by atoms with Crippen LogP contribution in [0.4, 0.5) is 0 Å². The van der Waals surface area contributed by atoms with Crippen LogP contribution in [0.3, 0.4) is 0 Å². The van der Waals surface area contributed by atoms with E-state index < -0.39 is 0 Å². The first-order chi connectivity index (χ1) is 11.1. The summed E-state index contributed by atoms with van der Waals surface area (Å²) in [5, 5.41) is 6.80. The molecule has 2 heterocycles. The minimum absolute atomic E-state index is 0.0605. The van der Waals surface area contributed by atoms with E-state index in [1.807, 2.05) is 37.3 Å². The number of H-pyrrole nitrogens is 1. The Bertz CT molecular complexity index is 710. The van der Waals surface area contributed by atoms with Crippen LogP contribution < -0.4 is 5.73 Å². The van der Waals surface area contributed by atoms with Crippen LogP contribution in [0.5, 0.6) is 0 Å². The number of hydrogen-bond donors (Lipinski definition) is 2. The van der Waals surface area contributed by atoms with Crippen LogP contribution in [0, 0.1) is 5.92 Å². The smallest absolute Gasteiger partial charge is 0.257 e. The van der Waals surface area contributed by atoms with Crippen molar-refractivity contribution in [3.63, 3.8) is 0 Å². The molecule has 6 nitrogen and oxygen atoms in total. The van der Waals surface area contributed by atoms with Gasteiger partial charge in [0.25, 0.3) is 5.91 Å². The van der Waals surface area contributed by atoms with Gasteiger partial charge in [0.15, 0.2) is 0 Å². The number of likely N-dealkylation sites (tertiary alicyclic amines) is 1. The van der Waals surface area contributed by atoms with Gasteiger partial charge in [-0.05, 0) is 12.0 Å². The molecule has 3 N–H and O–H groups in total. The van der Waals surface area contributed by atoms with E-state index in [-0.39, 0.29) is 23.7 Å². The van der Waals surface area contributed by atoms with Gasteiger partial charge >= 0.3 is 0 Å². The first-order valence-corrected chi connectivity index (χ1v) is 7.77. The Balaban J connectivity index is 1.86. The number of primary amides is 1. The van der Waals surface area contributed by atoms with E-state index in [0.717, 1.165) is 11.3 Å². The number of carbonyl (C=O) groups excluding carboxylic acids is 2. The van der Waals surface area contributed by atoms with Gasteiger partial charge in [0.1, 0.15) is 0 Å². The highest BCUT2D eigenvalue weighted by atomic mass is 16.2. The Morgan fingerprint density at radius 3 is 2.70 bits per heavy atom. The molecule has 3 rings (SSSR count). The van der Waals surface area contributed by atoms with Crippen LogP contribution in [0.25, 0.3) is 0 Å². The predicted molar refractivity (Wildman–Crippen MR) is 85.7 cm³/mol. The van der Waals surface area contributed by atoms with Gasteiger partial charge in [-0.2, -0.15) is 5.10 Å². The molecule has 0 radical (unpaired) electrons. The molecule has 1 aromatic heterocycles. The predicted octanol–water partition coefficient (Wildman–Crippen LogP) is 1.31. The second-order valence-corrected chi connectivity index (χ2v) is 5.85. The topological polar surface area (TPSA) is 92.1 Å². The number of nitrogens with one attached hydrogen (secondary N) is 1. The zero-order valence-electron chi connectivity index (χ0n) is 13.0. The van der Waals surface area contributed by atoms with Crippen molar-refractivity contribution in [2.75, 3.05) is 13.1 Å². The van der Waals surface area contributed by atoms with Crippen LogP contribution in [0.2, 0.25) is 0 Å². The standard InChI is InChI=1S/C17H20N4O2/c1-2-15-12(8-19-20-15)17(23)21-9-13(14(10-21)16(18)22)11-6-4-3-5-7-11/h3-8,13-14H,2,9-10H2,1H3,(H2,18,22)(H,19,20)/t13-,14+/m1/s1. The molecule has 0 aliphatic carbocycles. The van der Waals surface area contributed by atoms with Crippen LogP contribution in [0.1, 0.15) is 34.5 Å². The molecule has 1 saturated heterocycles. The van der Waals surface area contributed by atoms with Gasteiger partial charge in [-0.1, -0.05) is 37.3 Å². The van der Waals surface area contributed by atoms with Gasteiger partial charge in [-0.25, -0.2) is 0 Å². The molecule has 2 amide bonds. The first kappa shape index (κ1) is 15.3. The van der Waals surface area contributed by atoms with E-state index in [1.165, 1.54) is 0 Å². The maximum Gasteiger partial charge on any atom is 0.257 e. The normalized spacial score (nSPS) is 20.7. The number of aromatic amines is 1. The van der Waals surface area contributed by atoms with E-state index in [4.69, 9.17) is 5.73 Å². The average Bonchev–Trinajstić information content (AvgIpc) is 3.22. The highest BCUT2D eigenvalue weighted by Crippen LogP contribution is 2.33. The maximum absolute atomic E-state index is 12.7. The van der Waals surface area contributed by atoms with Crippen molar-refractivity contribution in [3.05, 3.63) is 53.3 Å². The summed E-state index contributed by atoms with van der Waals surface area (Å²) >= 11 is 0. The van der Waals surface area contributed by atoms with Crippen molar-refractivity contribution in [3.8, 4) is 0 Å². The molecule has 120 valence electrons. The molecule has 0 unspecified atom stereocenters. The Hall–Kier alpha value is -2.63. The summed E-state index contributed by atoms with van der Waals surface area (Å²) < 4.78 is 0. The second kappa shape index (κ2) is 6.24. The fraction of sp³-hybridized carbons (Fsp3) is 0.353. The van der Waals surface area contributed by atoms with Crippen molar-refractivity contribution in [2.24, 2.45) is 11.7 Å². The highest BCUT2D eigenvalue weighted by Gasteiger charge is 2.40. The molecule has 2 aromatic rings. The lowest BCUT2D eigenvalue weighted by Crippen LogP contribution is -2.32. The summed E-state index contributed by atoms with van der Waals surface area (Å²) in [6.45, 7) is 2.81. The fourth-order valence-corrected chi connectivity index (χ4v) is 3.23. The van der Waals surface area contributed by atoms with Crippen molar-refractivity contribution in [1.29, 1.82) is 0 Å². The molecule has 0 bridgehead atoms. The molecule has 2 atom stereocenters. The summed E-state index contributed by atoms with van der Waals surface area (Å²) in [4.78, 5) is 26.3. The largest absolute Gasteiger partial charge is 0.369 e. The minimum atomic E-state index is -0.364. The van der Waals surface area contributed by atoms with Crippen LogP contribution in [-0.2, 0) is 11.2 Å². The van der Waals surface area contributed by atoms with Gasteiger partial charge < -0.3 is 10.6 Å². The summed E-state index contributed by atoms with van der Waals surface area (Å²) in [6, 6.07) is 9.75. The highest BCUT2D eigenvalue weighted by molar-refractivity contribution is 5.96. The number of nitrogens with two attached hydrogens (primary N) is 1. The second-order valence-electron chi connectivity index (χ2n) is 5.85. The summed E-state index contributed by atoms with van der Waals surface area (Å²) in [7, 11) is 0. The van der Waals surface area contributed by atoms with Gasteiger partial charge in [-0.15, -0.1) is 0 Å². The van der Waals surface area contributed by atoms with Crippen LogP contribution in [-0.4, -0.2) is 40.0 Å². The summed E-state index contributed by atoms with van der Waals surface area (Å²) in [6.07, 6.45) is 2.26. The number of nitrogens with zero attached hydrogens (tertiary/aromatic N) is 2. The molecule has 0 saturated carbocycles. The van der Waals surface area contributed by atoms with E-state index in [9.17, 15) is 9.59 Å². The molecular weight excluding hydrogens is 292 g/mol. The van der Waals surface area contributed by atoms with Crippen molar-refractivity contribution < 1.29 is 9.59 Å². The monoisotopic (exact) mass is 312 g/mol.